The van der Waals surface area contributed by atoms with E-state index >= 15 is 0 Å². The third kappa shape index (κ3) is 5.55. The van der Waals surface area contributed by atoms with Gasteiger partial charge in [-0.3, -0.25) is 4.40 Å². The van der Waals surface area contributed by atoms with Gasteiger partial charge < -0.3 is 10.4 Å². The minimum absolute atomic E-state index is 0.0702. The van der Waals surface area contributed by atoms with Crippen LogP contribution in [0.1, 0.15) is 67.7 Å². The largest absolute Gasteiger partial charge is 0.476 e. The number of carbonyl (C=O) groups is 1. The molecule has 0 aliphatic heterocycles. The lowest BCUT2D eigenvalue weighted by atomic mass is 9.82. The number of fused-ring (bicyclic) bond motifs is 1. The van der Waals surface area contributed by atoms with Gasteiger partial charge >= 0.3 is 5.97 Å². The van der Waals surface area contributed by atoms with Crippen molar-refractivity contribution in [2.75, 3.05) is 5.32 Å². The van der Waals surface area contributed by atoms with Crippen LogP contribution >= 0.6 is 11.3 Å². The van der Waals surface area contributed by atoms with Crippen LogP contribution in [0.2, 0.25) is 0 Å². The molecule has 180 valence electrons. The molecule has 0 spiro atoms. The highest BCUT2D eigenvalue weighted by Gasteiger charge is 2.30. The zero-order valence-electron chi connectivity index (χ0n) is 20.9. The van der Waals surface area contributed by atoms with Gasteiger partial charge in [-0.05, 0) is 56.9 Å². The standard InChI is InChI=1S/C28H30N4O2S/c1-18-16-29-23(26(33)34)24-30-22(25(32(18)24)31-28(5,6)17-27(2,3)4)21-15-14-20(35-21)13-12-19-10-8-7-9-11-19/h7-11,14-16,31H,17H2,1-6H3,(H,33,34). The molecule has 0 radical (unpaired) electrons. The molecule has 0 aliphatic rings. The van der Waals surface area contributed by atoms with Gasteiger partial charge in [0.05, 0.1) is 9.75 Å². The number of nitrogens with one attached hydrogen (secondary N) is 1. The topological polar surface area (TPSA) is 79.5 Å². The number of rotatable bonds is 5. The Morgan fingerprint density at radius 1 is 1.09 bits per heavy atom. The zero-order chi connectivity index (χ0) is 25.4. The fourth-order valence-electron chi connectivity index (χ4n) is 4.51. The number of carboxylic acid groups (broad SMARTS) is 1. The molecule has 0 aliphatic carbocycles. The molecule has 6 nitrogen and oxygen atoms in total. The van der Waals surface area contributed by atoms with Crippen molar-refractivity contribution >= 4 is 28.8 Å². The number of aromatic nitrogens is 3. The quantitative estimate of drug-likeness (QED) is 0.315. The summed E-state index contributed by atoms with van der Waals surface area (Å²) in [5.74, 6) is 6.09. The predicted octanol–water partition coefficient (Wildman–Crippen LogP) is 6.49. The molecule has 0 bridgehead atoms. The average molecular weight is 487 g/mol. The number of carboxylic acids is 1. The van der Waals surface area contributed by atoms with E-state index in [1.54, 1.807) is 6.20 Å². The number of nitrogens with zero attached hydrogens (tertiary/aromatic N) is 3. The maximum Gasteiger partial charge on any atom is 0.358 e. The summed E-state index contributed by atoms with van der Waals surface area (Å²) in [5.41, 5.74) is 2.54. The molecule has 0 unspecified atom stereocenters. The summed E-state index contributed by atoms with van der Waals surface area (Å²) in [6.07, 6.45) is 2.48. The van der Waals surface area contributed by atoms with Gasteiger partial charge in [0, 0.05) is 23.0 Å². The highest BCUT2D eigenvalue weighted by molar-refractivity contribution is 7.16. The SMILES string of the molecule is Cc1cnc(C(=O)O)c2nc(-c3ccc(C#Cc4ccccc4)s3)c(NC(C)(C)CC(C)(C)C)n12. The van der Waals surface area contributed by atoms with E-state index in [-0.39, 0.29) is 16.6 Å². The van der Waals surface area contributed by atoms with E-state index in [1.165, 1.54) is 11.3 Å². The minimum atomic E-state index is -1.10. The summed E-state index contributed by atoms with van der Waals surface area (Å²) in [4.78, 5) is 22.7. The lowest BCUT2D eigenvalue weighted by Crippen LogP contribution is -2.36. The molecule has 0 saturated heterocycles. The highest BCUT2D eigenvalue weighted by atomic mass is 32.1. The van der Waals surface area contributed by atoms with E-state index in [2.05, 4.69) is 56.8 Å². The zero-order valence-corrected chi connectivity index (χ0v) is 21.7. The van der Waals surface area contributed by atoms with Crippen molar-refractivity contribution in [3.05, 3.63) is 70.5 Å². The summed E-state index contributed by atoms with van der Waals surface area (Å²) < 4.78 is 1.87. The van der Waals surface area contributed by atoms with Crippen LogP contribution < -0.4 is 5.32 Å². The van der Waals surface area contributed by atoms with Crippen LogP contribution in [0.4, 0.5) is 5.82 Å². The first-order chi connectivity index (χ1) is 16.4. The first-order valence-corrected chi connectivity index (χ1v) is 12.3. The fourth-order valence-corrected chi connectivity index (χ4v) is 5.36. The smallest absolute Gasteiger partial charge is 0.358 e. The molecule has 3 aromatic heterocycles. The van der Waals surface area contributed by atoms with Gasteiger partial charge in [-0.2, -0.15) is 0 Å². The predicted molar refractivity (Wildman–Crippen MR) is 142 cm³/mol. The van der Waals surface area contributed by atoms with Crippen molar-refractivity contribution in [2.45, 2.75) is 53.5 Å². The normalized spacial score (nSPS) is 11.8. The second-order valence-corrected chi connectivity index (χ2v) is 11.6. The fraction of sp³-hybridized carbons (Fsp3) is 0.321. The lowest BCUT2D eigenvalue weighted by molar-refractivity contribution is 0.0692. The van der Waals surface area contributed by atoms with Gasteiger partial charge in [0.2, 0.25) is 0 Å². The summed E-state index contributed by atoms with van der Waals surface area (Å²) >= 11 is 1.54. The van der Waals surface area contributed by atoms with Gasteiger partial charge in [0.15, 0.2) is 11.3 Å². The molecule has 0 saturated carbocycles. The van der Waals surface area contributed by atoms with Crippen LogP contribution in [-0.2, 0) is 0 Å². The number of hydrogen-bond donors (Lipinski definition) is 2. The first-order valence-electron chi connectivity index (χ1n) is 11.5. The Bertz CT molecular complexity index is 1450. The molecular formula is C28H30N4O2S. The monoisotopic (exact) mass is 486 g/mol. The van der Waals surface area contributed by atoms with Crippen molar-refractivity contribution in [2.24, 2.45) is 5.41 Å². The highest BCUT2D eigenvalue weighted by Crippen LogP contribution is 2.38. The van der Waals surface area contributed by atoms with Gasteiger partial charge in [0.1, 0.15) is 11.5 Å². The Kier molecular flexibility index (Phi) is 6.44. The number of imidazole rings is 1. The molecule has 35 heavy (non-hydrogen) atoms. The van der Waals surface area contributed by atoms with Crippen molar-refractivity contribution in [1.82, 2.24) is 14.4 Å². The second kappa shape index (κ2) is 9.20. The van der Waals surface area contributed by atoms with E-state index in [4.69, 9.17) is 4.98 Å². The van der Waals surface area contributed by atoms with Crippen molar-refractivity contribution in [3.8, 4) is 22.4 Å². The molecule has 3 heterocycles. The Morgan fingerprint density at radius 2 is 1.80 bits per heavy atom. The Hall–Kier alpha value is -3.63. The summed E-state index contributed by atoms with van der Waals surface area (Å²) in [7, 11) is 0. The Labute approximate surface area is 210 Å². The maximum atomic E-state index is 11.9. The van der Waals surface area contributed by atoms with E-state index in [1.807, 2.05) is 53.8 Å². The summed E-state index contributed by atoms with van der Waals surface area (Å²) in [5, 5.41) is 13.4. The lowest BCUT2D eigenvalue weighted by Gasteiger charge is -2.34. The van der Waals surface area contributed by atoms with E-state index in [0.717, 1.165) is 33.3 Å². The Balaban J connectivity index is 1.85. The molecule has 2 N–H and O–H groups in total. The minimum Gasteiger partial charge on any atom is -0.476 e. The molecule has 0 amide bonds. The van der Waals surface area contributed by atoms with E-state index in [9.17, 15) is 9.90 Å². The van der Waals surface area contributed by atoms with Crippen molar-refractivity contribution in [1.29, 1.82) is 0 Å². The number of aromatic carboxylic acids is 1. The average Bonchev–Trinajstić information content (AvgIpc) is 3.36. The van der Waals surface area contributed by atoms with Crippen LogP contribution in [0.5, 0.6) is 0 Å². The maximum absolute atomic E-state index is 11.9. The van der Waals surface area contributed by atoms with E-state index < -0.39 is 5.97 Å². The van der Waals surface area contributed by atoms with Crippen LogP contribution in [-0.4, -0.2) is 31.0 Å². The number of aryl methyl sites for hydroxylation is 1. The van der Waals surface area contributed by atoms with Gasteiger partial charge in [-0.15, -0.1) is 11.3 Å². The summed E-state index contributed by atoms with van der Waals surface area (Å²) in [6.45, 7) is 12.8. The number of anilines is 1. The molecular weight excluding hydrogens is 456 g/mol. The Morgan fingerprint density at radius 3 is 2.46 bits per heavy atom. The van der Waals surface area contributed by atoms with Crippen LogP contribution in [0.3, 0.4) is 0 Å². The molecule has 7 heteroatoms. The van der Waals surface area contributed by atoms with Crippen molar-refractivity contribution in [3.63, 3.8) is 0 Å². The van der Waals surface area contributed by atoms with Gasteiger partial charge in [0.25, 0.3) is 0 Å². The van der Waals surface area contributed by atoms with Crippen LogP contribution in [0, 0.1) is 24.2 Å². The van der Waals surface area contributed by atoms with Gasteiger partial charge in [-0.25, -0.2) is 14.8 Å². The van der Waals surface area contributed by atoms with E-state index in [0.29, 0.717) is 11.3 Å². The van der Waals surface area contributed by atoms with Gasteiger partial charge in [-0.1, -0.05) is 50.8 Å². The van der Waals surface area contributed by atoms with Crippen LogP contribution in [0.25, 0.3) is 16.2 Å². The first kappa shape index (κ1) is 24.5. The molecule has 4 rings (SSSR count). The summed E-state index contributed by atoms with van der Waals surface area (Å²) in [6, 6.07) is 13.8. The molecule has 0 atom stereocenters. The number of hydrogen-bond acceptors (Lipinski definition) is 5. The third-order valence-corrected chi connectivity index (χ3v) is 6.40. The van der Waals surface area contributed by atoms with Crippen molar-refractivity contribution < 1.29 is 9.90 Å². The van der Waals surface area contributed by atoms with Crippen LogP contribution in [0.15, 0.2) is 48.7 Å². The second-order valence-electron chi connectivity index (χ2n) is 10.5. The third-order valence-electron chi connectivity index (χ3n) is 5.40. The molecule has 1 aromatic carbocycles. The number of thiophene rings is 1. The molecule has 4 aromatic rings. The number of benzene rings is 1. The molecule has 0 fully saturated rings.